The van der Waals surface area contributed by atoms with E-state index in [0.29, 0.717) is 17.5 Å². The molecule has 0 fully saturated rings. The number of hydrogen-bond donors (Lipinski definition) is 0. The maximum absolute atomic E-state index is 7.13. The summed E-state index contributed by atoms with van der Waals surface area (Å²) in [6.45, 7) is 2.13. The first-order valence-electron chi connectivity index (χ1n) is 21.3. The van der Waals surface area contributed by atoms with Crippen molar-refractivity contribution in [1.82, 2.24) is 19.9 Å². The fourth-order valence-corrected chi connectivity index (χ4v) is 9.68. The van der Waals surface area contributed by atoms with E-state index >= 15 is 0 Å². The van der Waals surface area contributed by atoms with Crippen LogP contribution in [0.2, 0.25) is 0 Å². The average Bonchev–Trinajstić information content (AvgIpc) is 3.64. The topological polar surface area (TPSA) is 60.8 Å². The molecule has 1 atom stereocenters. The smallest absolute Gasteiger partial charge is 0.164 e. The molecule has 1 unspecified atom stereocenters. The Morgan fingerprint density at radius 1 is 0.365 bits per heavy atom. The van der Waals surface area contributed by atoms with Gasteiger partial charge in [0.2, 0.25) is 0 Å². The van der Waals surface area contributed by atoms with Gasteiger partial charge in [-0.25, -0.2) is 15.0 Å². The Morgan fingerprint density at radius 2 is 0.889 bits per heavy atom. The first kappa shape index (κ1) is 36.6. The van der Waals surface area contributed by atoms with Gasteiger partial charge in [0.25, 0.3) is 0 Å². The molecule has 8 aromatic carbocycles. The predicted octanol–water partition coefficient (Wildman–Crippen LogP) is 14.0. The molecule has 1 aliphatic heterocycles. The van der Waals surface area contributed by atoms with Gasteiger partial charge >= 0.3 is 0 Å². The summed E-state index contributed by atoms with van der Waals surface area (Å²) in [6, 6.07) is 72.3. The van der Waals surface area contributed by atoms with E-state index in [2.05, 4.69) is 146 Å². The largest absolute Gasteiger partial charge is 0.456 e. The number of para-hydroxylation sites is 2. The van der Waals surface area contributed by atoms with Crippen LogP contribution >= 0.6 is 0 Å². The minimum atomic E-state index is -0.705. The monoisotopic (exact) mass is 806 g/mol. The van der Waals surface area contributed by atoms with Crippen LogP contribution in [0.15, 0.2) is 212 Å². The van der Waals surface area contributed by atoms with Crippen LogP contribution in [0, 0.1) is 6.92 Å². The number of aromatic nitrogens is 4. The van der Waals surface area contributed by atoms with Crippen LogP contribution in [-0.2, 0) is 5.41 Å². The number of fused-ring (bicyclic) bond motifs is 9. The molecule has 0 amide bonds. The second-order valence-corrected chi connectivity index (χ2v) is 16.2. The number of rotatable bonds is 6. The Kier molecular flexibility index (Phi) is 8.54. The van der Waals surface area contributed by atoms with Gasteiger partial charge in [-0.05, 0) is 75.7 Å². The lowest BCUT2D eigenvalue weighted by molar-refractivity contribution is 0.438. The zero-order valence-electron chi connectivity index (χ0n) is 34.4. The van der Waals surface area contributed by atoms with Crippen LogP contribution in [0.1, 0.15) is 27.8 Å². The van der Waals surface area contributed by atoms with Gasteiger partial charge in [0.1, 0.15) is 11.5 Å². The minimum Gasteiger partial charge on any atom is -0.456 e. The summed E-state index contributed by atoms with van der Waals surface area (Å²) in [6.07, 6.45) is 1.98. The van der Waals surface area contributed by atoms with E-state index in [1.165, 1.54) is 16.7 Å². The van der Waals surface area contributed by atoms with Crippen LogP contribution < -0.4 is 4.74 Å². The van der Waals surface area contributed by atoms with Crippen molar-refractivity contribution in [3.8, 4) is 90.3 Å². The maximum atomic E-state index is 7.13. The summed E-state index contributed by atoms with van der Waals surface area (Å²) in [5.74, 6) is 3.55. The Hall–Kier alpha value is -8.28. The summed E-state index contributed by atoms with van der Waals surface area (Å²) >= 11 is 0. The van der Waals surface area contributed by atoms with E-state index in [1.54, 1.807) is 0 Å². The lowest BCUT2D eigenvalue weighted by Crippen LogP contribution is -2.32. The number of benzene rings is 8. The second kappa shape index (κ2) is 14.7. The first-order valence-corrected chi connectivity index (χ1v) is 21.3. The van der Waals surface area contributed by atoms with E-state index < -0.39 is 5.41 Å². The van der Waals surface area contributed by atoms with Crippen molar-refractivity contribution in [1.29, 1.82) is 0 Å². The number of pyridine rings is 1. The molecule has 2 aromatic heterocycles. The van der Waals surface area contributed by atoms with Gasteiger partial charge < -0.3 is 4.74 Å². The van der Waals surface area contributed by atoms with Crippen LogP contribution in [0.3, 0.4) is 0 Å². The maximum Gasteiger partial charge on any atom is 0.164 e. The molecular weight excluding hydrogens is 769 g/mol. The van der Waals surface area contributed by atoms with Crippen molar-refractivity contribution in [3.05, 3.63) is 240 Å². The van der Waals surface area contributed by atoms with Crippen molar-refractivity contribution < 1.29 is 4.74 Å². The molecule has 0 N–H and O–H groups in total. The van der Waals surface area contributed by atoms with Gasteiger partial charge in [0, 0.05) is 45.1 Å². The van der Waals surface area contributed by atoms with Gasteiger partial charge in [0.05, 0.1) is 11.1 Å². The Bertz CT molecular complexity index is 3330. The SMILES string of the molecule is Cc1cnc(-c2ccccc2)cc1-c1cccc(-c2cccc3c2Oc2ccccc2C32c3ccccc3-c3ccc(-c4nc(-c5ccccc5)nc(-c5ccccc5)n4)cc32)c1. The summed E-state index contributed by atoms with van der Waals surface area (Å²) in [4.78, 5) is 20.1. The van der Waals surface area contributed by atoms with Crippen molar-refractivity contribution in [2.45, 2.75) is 12.3 Å². The molecule has 1 spiro atoms. The average molecular weight is 807 g/mol. The highest BCUT2D eigenvalue weighted by molar-refractivity contribution is 5.92. The molecule has 1 aliphatic carbocycles. The zero-order chi connectivity index (χ0) is 41.9. The van der Waals surface area contributed by atoms with E-state index in [1.807, 2.05) is 72.9 Å². The summed E-state index contributed by atoms with van der Waals surface area (Å²) < 4.78 is 7.13. The quantitative estimate of drug-likeness (QED) is 0.167. The van der Waals surface area contributed by atoms with E-state index in [9.17, 15) is 0 Å². The molecule has 3 heterocycles. The first-order chi connectivity index (χ1) is 31.1. The van der Waals surface area contributed by atoms with Gasteiger partial charge in [-0.15, -0.1) is 0 Å². The molecule has 5 heteroatoms. The Morgan fingerprint density at radius 3 is 1.60 bits per heavy atom. The normalized spacial score (nSPS) is 14.3. The van der Waals surface area contributed by atoms with Crippen LogP contribution in [0.4, 0.5) is 0 Å². The highest BCUT2D eigenvalue weighted by atomic mass is 16.5. The third kappa shape index (κ3) is 5.93. The van der Waals surface area contributed by atoms with E-state index in [0.717, 1.165) is 84.0 Å². The molecule has 0 saturated heterocycles. The molecule has 63 heavy (non-hydrogen) atoms. The molecular formula is C58H38N4O. The summed E-state index contributed by atoms with van der Waals surface area (Å²) in [5.41, 5.74) is 16.5. The Labute approximate surface area is 366 Å². The van der Waals surface area contributed by atoms with Crippen LogP contribution in [-0.4, -0.2) is 19.9 Å². The molecule has 10 aromatic rings. The number of hydrogen-bond acceptors (Lipinski definition) is 5. The lowest BCUT2D eigenvalue weighted by Gasteiger charge is -2.40. The fourth-order valence-electron chi connectivity index (χ4n) is 9.68. The zero-order valence-corrected chi connectivity index (χ0v) is 34.4. The lowest BCUT2D eigenvalue weighted by atomic mass is 9.65. The van der Waals surface area contributed by atoms with Gasteiger partial charge in [-0.3, -0.25) is 4.98 Å². The third-order valence-electron chi connectivity index (χ3n) is 12.6. The highest BCUT2D eigenvalue weighted by Crippen LogP contribution is 2.63. The second-order valence-electron chi connectivity index (χ2n) is 16.2. The standard InChI is InChI=1S/C58H38N4O/c1-37-36-59-52(38-17-5-2-6-18-38)35-47(37)42-24-15-23-41(33-42)44-26-16-29-50-54(44)63-53-30-14-13-28-49(53)58(50)48-27-12-11-25-45(48)46-32-31-43(34-51(46)58)57-61-55(39-19-7-3-8-20-39)60-56(62-57)40-21-9-4-10-22-40/h2-36H,1H3. The Balaban J connectivity index is 1.06. The van der Waals surface area contributed by atoms with E-state index in [-0.39, 0.29) is 0 Å². The number of nitrogens with zero attached hydrogens (tertiary/aromatic N) is 4. The third-order valence-corrected chi connectivity index (χ3v) is 12.6. The summed E-state index contributed by atoms with van der Waals surface area (Å²) in [5, 5.41) is 0. The van der Waals surface area contributed by atoms with Crippen molar-refractivity contribution in [2.75, 3.05) is 0 Å². The van der Waals surface area contributed by atoms with Crippen molar-refractivity contribution >= 4 is 0 Å². The van der Waals surface area contributed by atoms with Gasteiger partial charge in [-0.2, -0.15) is 0 Å². The fraction of sp³-hybridized carbons (Fsp3) is 0.0345. The van der Waals surface area contributed by atoms with Gasteiger partial charge in [0.15, 0.2) is 17.5 Å². The predicted molar refractivity (Wildman–Crippen MR) is 252 cm³/mol. The van der Waals surface area contributed by atoms with Crippen molar-refractivity contribution in [2.24, 2.45) is 0 Å². The van der Waals surface area contributed by atoms with Crippen LogP contribution in [0.25, 0.3) is 78.8 Å². The van der Waals surface area contributed by atoms with Gasteiger partial charge in [-0.1, -0.05) is 182 Å². The molecule has 0 bridgehead atoms. The highest BCUT2D eigenvalue weighted by Gasteiger charge is 2.51. The molecule has 296 valence electrons. The minimum absolute atomic E-state index is 0.615. The molecule has 12 rings (SSSR count). The van der Waals surface area contributed by atoms with E-state index in [4.69, 9.17) is 24.7 Å². The molecule has 5 nitrogen and oxygen atoms in total. The molecule has 2 aliphatic rings. The van der Waals surface area contributed by atoms with Crippen molar-refractivity contribution in [3.63, 3.8) is 0 Å². The number of aryl methyl sites for hydroxylation is 1. The molecule has 0 radical (unpaired) electrons. The number of ether oxygens (including phenoxy) is 1. The summed E-state index contributed by atoms with van der Waals surface area (Å²) in [7, 11) is 0. The van der Waals surface area contributed by atoms with Crippen LogP contribution in [0.5, 0.6) is 11.5 Å². The molecule has 0 saturated carbocycles.